The lowest BCUT2D eigenvalue weighted by atomic mass is 9.09. The highest BCUT2D eigenvalue weighted by Gasteiger charge is 2.91. The van der Waals surface area contributed by atoms with Gasteiger partial charge in [-0.25, -0.2) is 9.87 Å². The van der Waals surface area contributed by atoms with Crippen molar-refractivity contribution in [3.63, 3.8) is 0 Å². The molecular weight excluding hydrogens is 331 g/mol. The zero-order chi connectivity index (χ0) is 18.0. The van der Waals surface area contributed by atoms with Crippen LogP contribution in [0.1, 0.15) is 35.3 Å². The smallest absolute Gasteiger partial charge is 0.274 e. The lowest BCUT2D eigenvalue weighted by Gasteiger charge is -2.95. The maximum atomic E-state index is 14.4. The summed E-state index contributed by atoms with van der Waals surface area (Å²) in [4.78, 5) is 14.2. The molecule has 1 aromatic rings. The number of amides is 1. The molecule has 0 spiro atoms. The van der Waals surface area contributed by atoms with Gasteiger partial charge in [0.25, 0.3) is 5.91 Å². The molecule has 0 aromatic heterocycles. The summed E-state index contributed by atoms with van der Waals surface area (Å²) in [6.07, 6.45) is 0.701. The highest BCUT2D eigenvalue weighted by Crippen LogP contribution is 2.93. The highest BCUT2D eigenvalue weighted by molar-refractivity contribution is 5.93. The SMILES string of the molecule is CC1C2C3C(C)C4(CN5CCc6c(F)cc(C(=O)NO)cc6C5)C1C2C34. The first kappa shape index (κ1) is 15.6. The third-order valence-electron chi connectivity index (χ3n) is 9.19. The third kappa shape index (κ3) is 1.46. The van der Waals surface area contributed by atoms with Crippen LogP contribution >= 0.6 is 0 Å². The molecule has 0 radical (unpaired) electrons. The fraction of sp³-hybridized carbons (Fsp3) is 0.667. The Balaban J connectivity index is 1.26. The Bertz CT molecular complexity index is 828. The van der Waals surface area contributed by atoms with E-state index >= 15 is 0 Å². The number of hydroxylamine groups is 1. The molecule has 8 unspecified atom stereocenters. The van der Waals surface area contributed by atoms with Crippen molar-refractivity contribution in [3.05, 3.63) is 34.6 Å². The molecule has 8 atom stereocenters. The maximum Gasteiger partial charge on any atom is 0.274 e. The summed E-state index contributed by atoms with van der Waals surface area (Å²) < 4.78 is 14.4. The molecule has 4 fully saturated rings. The summed E-state index contributed by atoms with van der Waals surface area (Å²) in [5, 5.41) is 8.85. The van der Waals surface area contributed by atoms with Crippen LogP contribution in [0.2, 0.25) is 0 Å². The number of hydrogen-bond acceptors (Lipinski definition) is 3. The molecule has 2 N–H and O–H groups in total. The summed E-state index contributed by atoms with van der Waals surface area (Å²) >= 11 is 0. The van der Waals surface area contributed by atoms with Gasteiger partial charge in [0.05, 0.1) is 0 Å². The van der Waals surface area contributed by atoms with Gasteiger partial charge in [-0.3, -0.25) is 14.9 Å². The summed E-state index contributed by atoms with van der Waals surface area (Å²) in [7, 11) is 0. The van der Waals surface area contributed by atoms with Crippen LogP contribution in [0.3, 0.4) is 0 Å². The fourth-order valence-electron chi connectivity index (χ4n) is 8.39. The van der Waals surface area contributed by atoms with Gasteiger partial charge in [0, 0.05) is 25.2 Å². The fourth-order valence-corrected chi connectivity index (χ4v) is 8.39. The molecule has 5 heteroatoms. The average molecular weight is 356 g/mol. The Kier molecular flexibility index (Phi) is 2.81. The predicted octanol–water partition coefficient (Wildman–Crippen LogP) is 2.70. The van der Waals surface area contributed by atoms with Crippen molar-refractivity contribution in [1.29, 1.82) is 0 Å². The molecule has 4 saturated carbocycles. The maximum absolute atomic E-state index is 14.4. The van der Waals surface area contributed by atoms with Gasteiger partial charge in [0.1, 0.15) is 5.82 Å². The van der Waals surface area contributed by atoms with E-state index in [-0.39, 0.29) is 11.4 Å². The Labute approximate surface area is 152 Å². The Hall–Kier alpha value is -1.46. The van der Waals surface area contributed by atoms with E-state index in [0.717, 1.165) is 65.6 Å². The van der Waals surface area contributed by atoms with Gasteiger partial charge in [-0.2, -0.15) is 0 Å². The van der Waals surface area contributed by atoms with E-state index in [0.29, 0.717) is 18.4 Å². The first-order valence-corrected chi connectivity index (χ1v) is 9.97. The summed E-state index contributed by atoms with van der Waals surface area (Å²) in [6, 6.07) is 2.98. The van der Waals surface area contributed by atoms with E-state index < -0.39 is 5.91 Å². The molecule has 1 aliphatic heterocycles. The normalized spacial score (nSPS) is 46.7. The second-order valence-corrected chi connectivity index (χ2v) is 9.54. The van der Waals surface area contributed by atoms with Crippen LogP contribution in [0.4, 0.5) is 4.39 Å². The van der Waals surface area contributed by atoms with E-state index in [4.69, 9.17) is 5.21 Å². The van der Waals surface area contributed by atoms with E-state index in [2.05, 4.69) is 18.7 Å². The Morgan fingerprint density at radius 2 is 2.12 bits per heavy atom. The molecule has 0 saturated heterocycles. The molecule has 1 heterocycles. The van der Waals surface area contributed by atoms with Gasteiger partial charge in [-0.1, -0.05) is 13.8 Å². The van der Waals surface area contributed by atoms with Gasteiger partial charge in [0.2, 0.25) is 0 Å². The van der Waals surface area contributed by atoms with Crippen LogP contribution in [0, 0.1) is 52.7 Å². The monoisotopic (exact) mass is 356 g/mol. The molecule has 1 amide bonds. The molecular formula is C21H25FN2O2. The van der Waals surface area contributed by atoms with Crippen molar-refractivity contribution in [2.45, 2.75) is 26.8 Å². The van der Waals surface area contributed by atoms with Crippen molar-refractivity contribution in [2.24, 2.45) is 46.8 Å². The summed E-state index contributed by atoms with van der Waals surface area (Å²) in [5.74, 6) is 5.69. The molecule has 4 nitrogen and oxygen atoms in total. The predicted molar refractivity (Wildman–Crippen MR) is 92.8 cm³/mol. The number of benzene rings is 1. The zero-order valence-corrected chi connectivity index (χ0v) is 15.2. The third-order valence-corrected chi connectivity index (χ3v) is 9.19. The molecule has 6 rings (SSSR count). The minimum absolute atomic E-state index is 0.194. The van der Waals surface area contributed by atoms with E-state index in [1.165, 1.54) is 6.07 Å². The lowest BCUT2D eigenvalue weighted by molar-refractivity contribution is -0.486. The van der Waals surface area contributed by atoms with Crippen LogP contribution in [-0.2, 0) is 13.0 Å². The van der Waals surface area contributed by atoms with Gasteiger partial charge in [0.15, 0.2) is 0 Å². The van der Waals surface area contributed by atoms with Gasteiger partial charge >= 0.3 is 0 Å². The molecule has 1 aromatic carbocycles. The zero-order valence-electron chi connectivity index (χ0n) is 15.2. The molecule has 138 valence electrons. The van der Waals surface area contributed by atoms with Crippen molar-refractivity contribution in [3.8, 4) is 0 Å². The second-order valence-electron chi connectivity index (χ2n) is 9.54. The molecule has 0 bridgehead atoms. The van der Waals surface area contributed by atoms with Crippen molar-refractivity contribution >= 4 is 5.91 Å². The van der Waals surface area contributed by atoms with E-state index in [1.807, 2.05) is 0 Å². The van der Waals surface area contributed by atoms with Gasteiger partial charge in [-0.05, 0) is 76.5 Å². The Morgan fingerprint density at radius 3 is 2.81 bits per heavy atom. The van der Waals surface area contributed by atoms with Crippen LogP contribution in [0.5, 0.6) is 0 Å². The van der Waals surface area contributed by atoms with Crippen LogP contribution in [-0.4, -0.2) is 29.1 Å². The first-order chi connectivity index (χ1) is 12.5. The topological polar surface area (TPSA) is 52.6 Å². The number of carbonyl (C=O) groups excluding carboxylic acids is 1. The lowest BCUT2D eigenvalue weighted by Crippen LogP contribution is -2.93. The molecule has 26 heavy (non-hydrogen) atoms. The average Bonchev–Trinajstić information content (AvgIpc) is 2.62. The number of carbonyl (C=O) groups is 1. The van der Waals surface area contributed by atoms with Crippen molar-refractivity contribution in [1.82, 2.24) is 10.4 Å². The standard InChI is InChI=1S/C21H25FN2O2/c1-9-15-16-10(2)21(18(9)17(15)19(16)21)8-24-4-3-13-12(7-24)5-11(6-14(13)22)20(25)23-26/h5-6,9-10,15-19,26H,3-4,7-8H2,1-2H3,(H,23,25). The van der Waals surface area contributed by atoms with E-state index in [1.54, 1.807) is 11.5 Å². The molecule has 4 aliphatic carbocycles. The second kappa shape index (κ2) is 4.68. The van der Waals surface area contributed by atoms with Crippen LogP contribution < -0.4 is 5.48 Å². The minimum Gasteiger partial charge on any atom is -0.298 e. The number of halogens is 1. The summed E-state index contributed by atoms with van der Waals surface area (Å²) in [5.41, 5.74) is 3.95. The van der Waals surface area contributed by atoms with Crippen molar-refractivity contribution < 1.29 is 14.4 Å². The number of fused-ring (bicyclic) bond motifs is 3. The van der Waals surface area contributed by atoms with Crippen molar-refractivity contribution in [2.75, 3.05) is 13.1 Å². The van der Waals surface area contributed by atoms with Gasteiger partial charge in [-0.15, -0.1) is 0 Å². The number of hydrogen-bond donors (Lipinski definition) is 2. The first-order valence-electron chi connectivity index (χ1n) is 9.97. The minimum atomic E-state index is -0.650. The quantitative estimate of drug-likeness (QED) is 0.647. The number of nitrogens with zero attached hydrogens (tertiary/aromatic N) is 1. The Morgan fingerprint density at radius 1 is 1.31 bits per heavy atom. The van der Waals surface area contributed by atoms with Gasteiger partial charge < -0.3 is 0 Å². The largest absolute Gasteiger partial charge is 0.298 e. The number of nitrogens with one attached hydrogen (secondary N) is 1. The number of rotatable bonds is 3. The highest BCUT2D eigenvalue weighted by atomic mass is 19.1. The molecule has 5 aliphatic rings. The van der Waals surface area contributed by atoms with Crippen LogP contribution in [0.15, 0.2) is 12.1 Å². The van der Waals surface area contributed by atoms with E-state index in [9.17, 15) is 9.18 Å². The summed E-state index contributed by atoms with van der Waals surface area (Å²) in [6.45, 7) is 7.65. The van der Waals surface area contributed by atoms with Crippen LogP contribution in [0.25, 0.3) is 0 Å².